The molecule has 0 aromatic carbocycles. The molecule has 108 valence electrons. The van der Waals surface area contributed by atoms with Crippen molar-refractivity contribution in [3.8, 4) is 11.5 Å². The Balaban J connectivity index is 1.93. The summed E-state index contributed by atoms with van der Waals surface area (Å²) in [6.45, 7) is 6.34. The summed E-state index contributed by atoms with van der Waals surface area (Å²) < 4.78 is 5.47. The first-order chi connectivity index (χ1) is 9.58. The summed E-state index contributed by atoms with van der Waals surface area (Å²) in [5.41, 5.74) is 8.12. The van der Waals surface area contributed by atoms with E-state index in [2.05, 4.69) is 30.9 Å². The number of nitrogens with zero attached hydrogens (tertiary/aromatic N) is 2. The van der Waals surface area contributed by atoms with Crippen LogP contribution in [0.25, 0.3) is 11.5 Å². The molecule has 0 amide bonds. The Morgan fingerprint density at radius 2 is 2.00 bits per heavy atom. The highest BCUT2D eigenvalue weighted by atomic mass is 32.2. The maximum atomic E-state index is 6.07. The minimum Gasteiger partial charge on any atom is -0.390 e. The highest BCUT2D eigenvalue weighted by Crippen LogP contribution is 2.43. The summed E-state index contributed by atoms with van der Waals surface area (Å²) in [7, 11) is 0. The van der Waals surface area contributed by atoms with Crippen LogP contribution < -0.4 is 5.73 Å². The van der Waals surface area contributed by atoms with Crippen LogP contribution in [0.5, 0.6) is 0 Å². The number of hydrogen-bond donors (Lipinski definition) is 1. The monoisotopic (exact) mass is 327 g/mol. The van der Waals surface area contributed by atoms with E-state index < -0.39 is 0 Å². The molecule has 4 nitrogen and oxygen atoms in total. The average molecular weight is 328 g/mol. The van der Waals surface area contributed by atoms with E-state index in [0.717, 1.165) is 27.7 Å². The van der Waals surface area contributed by atoms with E-state index in [-0.39, 0.29) is 0 Å². The van der Waals surface area contributed by atoms with E-state index in [4.69, 9.17) is 10.3 Å². The maximum absolute atomic E-state index is 6.07. The Morgan fingerprint density at radius 3 is 2.65 bits per heavy atom. The van der Waals surface area contributed by atoms with Crippen molar-refractivity contribution in [3.05, 3.63) is 16.3 Å². The molecule has 7 heteroatoms. The van der Waals surface area contributed by atoms with E-state index in [1.54, 1.807) is 11.3 Å². The fourth-order valence-corrected chi connectivity index (χ4v) is 5.89. The molecule has 3 rings (SSSR count). The molecule has 0 radical (unpaired) electrons. The van der Waals surface area contributed by atoms with Gasteiger partial charge in [-0.3, -0.25) is 0 Å². The number of hydrogen-bond acceptors (Lipinski definition) is 7. The van der Waals surface area contributed by atoms with E-state index in [0.29, 0.717) is 16.4 Å². The normalized spacial score (nSPS) is 23.1. The molecular formula is C13H17N3OS3. The zero-order chi connectivity index (χ0) is 14.3. The van der Waals surface area contributed by atoms with Crippen molar-refractivity contribution in [3.63, 3.8) is 0 Å². The van der Waals surface area contributed by atoms with Gasteiger partial charge < -0.3 is 10.3 Å². The van der Waals surface area contributed by atoms with Crippen molar-refractivity contribution in [2.24, 2.45) is 0 Å². The number of rotatable bonds is 2. The van der Waals surface area contributed by atoms with E-state index in [9.17, 15) is 0 Å². The van der Waals surface area contributed by atoms with Crippen LogP contribution in [0, 0.1) is 13.8 Å². The number of aryl methyl sites for hydroxylation is 1. The minimum absolute atomic E-state index is 0.313. The number of aromatic nitrogens is 2. The van der Waals surface area contributed by atoms with Gasteiger partial charge in [-0.15, -0.1) is 23.1 Å². The lowest BCUT2D eigenvalue weighted by molar-refractivity contribution is 0.422. The summed E-state index contributed by atoms with van der Waals surface area (Å²) in [4.78, 5) is 5.81. The van der Waals surface area contributed by atoms with Crippen LogP contribution in [0.4, 0.5) is 5.00 Å². The van der Waals surface area contributed by atoms with Crippen LogP contribution in [0.3, 0.4) is 0 Å². The molecule has 1 saturated heterocycles. The molecule has 3 heterocycles. The molecule has 2 aromatic rings. The second-order valence-electron chi connectivity index (χ2n) is 4.85. The third kappa shape index (κ3) is 2.46. The summed E-state index contributed by atoms with van der Waals surface area (Å²) in [6, 6.07) is 0. The topological polar surface area (TPSA) is 64.9 Å². The smallest absolute Gasteiger partial charge is 0.261 e. The molecule has 2 aromatic heterocycles. The molecule has 1 aliphatic rings. The van der Waals surface area contributed by atoms with Gasteiger partial charge in [0.05, 0.1) is 15.8 Å². The first-order valence-corrected chi connectivity index (χ1v) is 9.42. The molecule has 1 fully saturated rings. The fourth-order valence-electron chi connectivity index (χ4n) is 2.29. The Morgan fingerprint density at radius 1 is 1.25 bits per heavy atom. The molecule has 20 heavy (non-hydrogen) atoms. The first-order valence-electron chi connectivity index (χ1n) is 6.50. The van der Waals surface area contributed by atoms with Gasteiger partial charge in [0.1, 0.15) is 0 Å². The van der Waals surface area contributed by atoms with E-state index >= 15 is 0 Å². The van der Waals surface area contributed by atoms with Crippen LogP contribution >= 0.6 is 34.9 Å². The largest absolute Gasteiger partial charge is 0.390 e. The van der Waals surface area contributed by atoms with Crippen molar-refractivity contribution < 1.29 is 4.52 Å². The molecule has 0 bridgehead atoms. The van der Waals surface area contributed by atoms with Gasteiger partial charge in [-0.1, -0.05) is 12.1 Å². The molecule has 1 aliphatic heterocycles. The maximum Gasteiger partial charge on any atom is 0.261 e. The van der Waals surface area contributed by atoms with Crippen molar-refractivity contribution >= 4 is 39.9 Å². The standard InChI is InChI=1S/C13H17N3OS3/c1-6-7(2)20-11(14)9(6)13-15-12(16-17-13)10-8(3)18-4-5-19-10/h8,10H,4-5,14H2,1-3H3. The lowest BCUT2D eigenvalue weighted by Gasteiger charge is -2.24. The van der Waals surface area contributed by atoms with Crippen LogP contribution in [-0.2, 0) is 0 Å². The van der Waals surface area contributed by atoms with Gasteiger partial charge in [0.15, 0.2) is 5.82 Å². The Labute approximate surface area is 130 Å². The third-order valence-electron chi connectivity index (χ3n) is 3.51. The van der Waals surface area contributed by atoms with E-state index in [1.807, 2.05) is 23.5 Å². The predicted molar refractivity (Wildman–Crippen MR) is 88.6 cm³/mol. The summed E-state index contributed by atoms with van der Waals surface area (Å²) >= 11 is 5.46. The summed E-state index contributed by atoms with van der Waals surface area (Å²) in [6.07, 6.45) is 0. The molecule has 2 unspecified atom stereocenters. The van der Waals surface area contributed by atoms with Gasteiger partial charge in [-0.25, -0.2) is 0 Å². The molecule has 0 saturated carbocycles. The second kappa shape index (κ2) is 5.61. The summed E-state index contributed by atoms with van der Waals surface area (Å²) in [5.74, 6) is 3.69. The van der Waals surface area contributed by atoms with Crippen LogP contribution in [0.2, 0.25) is 0 Å². The fraction of sp³-hybridized carbons (Fsp3) is 0.538. The molecule has 0 aliphatic carbocycles. The van der Waals surface area contributed by atoms with Crippen molar-refractivity contribution in [1.29, 1.82) is 0 Å². The molecular weight excluding hydrogens is 310 g/mol. The average Bonchev–Trinajstić information content (AvgIpc) is 2.96. The lowest BCUT2D eigenvalue weighted by atomic mass is 10.1. The van der Waals surface area contributed by atoms with Gasteiger partial charge in [0.25, 0.3) is 5.89 Å². The number of thioether (sulfide) groups is 2. The quantitative estimate of drug-likeness (QED) is 0.902. The van der Waals surface area contributed by atoms with Crippen molar-refractivity contribution in [1.82, 2.24) is 10.1 Å². The minimum atomic E-state index is 0.313. The molecule has 2 N–H and O–H groups in total. The number of thiophene rings is 1. The van der Waals surface area contributed by atoms with Gasteiger partial charge in [-0.05, 0) is 19.4 Å². The summed E-state index contributed by atoms with van der Waals surface area (Å²) in [5, 5.41) is 5.77. The lowest BCUT2D eigenvalue weighted by Crippen LogP contribution is -2.16. The predicted octanol–water partition coefficient (Wildman–Crippen LogP) is 3.91. The van der Waals surface area contributed by atoms with Gasteiger partial charge in [0, 0.05) is 21.6 Å². The SMILES string of the molecule is Cc1sc(N)c(-c2nc(C3SCCSC3C)no2)c1C. The van der Waals surface area contributed by atoms with E-state index in [1.165, 1.54) is 10.6 Å². The number of anilines is 1. The van der Waals surface area contributed by atoms with Gasteiger partial charge >= 0.3 is 0 Å². The van der Waals surface area contributed by atoms with Crippen LogP contribution in [-0.4, -0.2) is 26.9 Å². The van der Waals surface area contributed by atoms with Gasteiger partial charge in [-0.2, -0.15) is 16.7 Å². The zero-order valence-electron chi connectivity index (χ0n) is 11.7. The Bertz CT molecular complexity index is 622. The highest BCUT2D eigenvalue weighted by Gasteiger charge is 2.29. The number of nitrogen functional groups attached to an aromatic ring is 1. The number of nitrogens with two attached hydrogens (primary N) is 1. The second-order valence-corrected chi connectivity index (χ2v) is 8.84. The Hall–Kier alpha value is -0.660. The Kier molecular flexibility index (Phi) is 4.01. The zero-order valence-corrected chi connectivity index (χ0v) is 14.1. The van der Waals surface area contributed by atoms with Gasteiger partial charge in [0.2, 0.25) is 0 Å². The van der Waals surface area contributed by atoms with Crippen LogP contribution in [0.15, 0.2) is 4.52 Å². The van der Waals surface area contributed by atoms with Crippen LogP contribution in [0.1, 0.15) is 28.4 Å². The highest BCUT2D eigenvalue weighted by molar-refractivity contribution is 8.06. The van der Waals surface area contributed by atoms with Crippen molar-refractivity contribution in [2.75, 3.05) is 17.2 Å². The molecule has 2 atom stereocenters. The van der Waals surface area contributed by atoms with Crippen molar-refractivity contribution in [2.45, 2.75) is 31.3 Å². The third-order valence-corrected chi connectivity index (χ3v) is 7.63. The molecule has 0 spiro atoms. The first kappa shape index (κ1) is 14.3.